The van der Waals surface area contributed by atoms with E-state index in [1.807, 2.05) is 47.8 Å². The van der Waals surface area contributed by atoms with Gasteiger partial charge in [-0.2, -0.15) is 0 Å². The second-order valence-electron chi connectivity index (χ2n) is 6.40. The van der Waals surface area contributed by atoms with E-state index in [4.69, 9.17) is 10.2 Å². The highest BCUT2D eigenvalue weighted by atomic mass is 32.1. The largest absolute Gasteiger partial charge is 0.418 e. The molecule has 148 valence electrons. The van der Waals surface area contributed by atoms with Gasteiger partial charge in [0.1, 0.15) is 11.5 Å². The number of aromatic nitrogens is 4. The number of thiophene rings is 1. The van der Waals surface area contributed by atoms with Crippen LogP contribution < -0.4 is 21.9 Å². The number of aromatic amines is 1. The van der Waals surface area contributed by atoms with E-state index in [2.05, 4.69) is 15.2 Å². The Hall–Kier alpha value is -3.66. The summed E-state index contributed by atoms with van der Waals surface area (Å²) in [7, 11) is 1.67. The number of rotatable bonds is 6. The molecule has 4 aromatic rings. The fraction of sp³-hybridized carbons (Fsp3) is 0.158. The summed E-state index contributed by atoms with van der Waals surface area (Å²) in [5.74, 6) is 0.818. The first-order valence-corrected chi connectivity index (χ1v) is 9.65. The average molecular weight is 410 g/mol. The van der Waals surface area contributed by atoms with Crippen molar-refractivity contribution in [3.05, 3.63) is 80.1 Å². The lowest BCUT2D eigenvalue weighted by atomic mass is 10.2. The predicted octanol–water partition coefficient (Wildman–Crippen LogP) is 1.91. The molecule has 0 radical (unpaired) electrons. The van der Waals surface area contributed by atoms with Crippen LogP contribution in [0.25, 0.3) is 10.8 Å². The third-order valence-corrected chi connectivity index (χ3v) is 5.21. The van der Waals surface area contributed by atoms with Gasteiger partial charge in [0.25, 0.3) is 11.4 Å². The van der Waals surface area contributed by atoms with Gasteiger partial charge >= 0.3 is 5.69 Å². The minimum absolute atomic E-state index is 0.0723. The molecule has 0 saturated carbocycles. The molecule has 0 amide bonds. The van der Waals surface area contributed by atoms with Crippen molar-refractivity contribution in [2.24, 2.45) is 0 Å². The van der Waals surface area contributed by atoms with E-state index < -0.39 is 11.2 Å². The van der Waals surface area contributed by atoms with Crippen molar-refractivity contribution in [2.75, 3.05) is 17.7 Å². The van der Waals surface area contributed by atoms with Gasteiger partial charge in [0.2, 0.25) is 5.89 Å². The van der Waals surface area contributed by atoms with Crippen molar-refractivity contribution in [1.82, 2.24) is 19.7 Å². The molecular weight excluding hydrogens is 392 g/mol. The van der Waals surface area contributed by atoms with Gasteiger partial charge in [-0.25, -0.2) is 4.79 Å². The number of H-pyrrole nitrogens is 1. The molecule has 4 rings (SSSR count). The molecule has 3 heterocycles. The Labute approximate surface area is 169 Å². The van der Waals surface area contributed by atoms with Crippen molar-refractivity contribution < 1.29 is 4.42 Å². The van der Waals surface area contributed by atoms with Gasteiger partial charge in [0, 0.05) is 7.05 Å². The van der Waals surface area contributed by atoms with E-state index in [-0.39, 0.29) is 24.6 Å². The molecule has 3 aromatic heterocycles. The highest BCUT2D eigenvalue weighted by Gasteiger charge is 2.19. The van der Waals surface area contributed by atoms with Gasteiger partial charge in [-0.1, -0.05) is 36.4 Å². The monoisotopic (exact) mass is 410 g/mol. The van der Waals surface area contributed by atoms with Gasteiger partial charge in [0.15, 0.2) is 0 Å². The molecule has 0 saturated heterocycles. The Morgan fingerprint density at radius 2 is 1.97 bits per heavy atom. The zero-order chi connectivity index (χ0) is 20.4. The predicted molar refractivity (Wildman–Crippen MR) is 111 cm³/mol. The van der Waals surface area contributed by atoms with Crippen LogP contribution in [0.3, 0.4) is 0 Å². The van der Waals surface area contributed by atoms with Gasteiger partial charge in [-0.3, -0.25) is 14.3 Å². The zero-order valence-corrected chi connectivity index (χ0v) is 16.3. The Balaban J connectivity index is 1.63. The van der Waals surface area contributed by atoms with Crippen LogP contribution in [0.1, 0.15) is 11.5 Å². The number of hydrogen-bond donors (Lipinski definition) is 2. The summed E-state index contributed by atoms with van der Waals surface area (Å²) in [5, 5.41) is 9.98. The van der Waals surface area contributed by atoms with E-state index in [1.165, 1.54) is 15.9 Å². The molecule has 0 bridgehead atoms. The SMILES string of the molecule is CN(Cc1nnc(-c2cccs2)o1)c1c(N)n(Cc2ccccc2)c(=O)[nH]c1=O. The lowest BCUT2D eigenvalue weighted by Crippen LogP contribution is -2.37. The maximum absolute atomic E-state index is 12.4. The number of nitrogen functional groups attached to an aromatic ring is 1. The number of anilines is 2. The quantitative estimate of drug-likeness (QED) is 0.498. The number of hydrogen-bond acceptors (Lipinski definition) is 8. The molecule has 1 aromatic carbocycles. The second-order valence-corrected chi connectivity index (χ2v) is 7.35. The van der Waals surface area contributed by atoms with Crippen LogP contribution in [0.5, 0.6) is 0 Å². The van der Waals surface area contributed by atoms with E-state index in [0.29, 0.717) is 11.8 Å². The summed E-state index contributed by atoms with van der Waals surface area (Å²) < 4.78 is 7.00. The average Bonchev–Trinajstić information content (AvgIpc) is 3.37. The Bertz CT molecular complexity index is 1230. The molecule has 0 aliphatic rings. The summed E-state index contributed by atoms with van der Waals surface area (Å²) in [6.07, 6.45) is 0. The van der Waals surface area contributed by atoms with E-state index in [1.54, 1.807) is 11.9 Å². The van der Waals surface area contributed by atoms with Gasteiger partial charge in [0.05, 0.1) is 18.0 Å². The van der Waals surface area contributed by atoms with Crippen LogP contribution in [-0.4, -0.2) is 26.8 Å². The number of nitrogens with two attached hydrogens (primary N) is 1. The highest BCUT2D eigenvalue weighted by molar-refractivity contribution is 7.13. The van der Waals surface area contributed by atoms with Crippen LogP contribution in [0.2, 0.25) is 0 Å². The maximum Gasteiger partial charge on any atom is 0.330 e. The Kier molecular flexibility index (Phi) is 5.00. The van der Waals surface area contributed by atoms with Crippen LogP contribution in [0, 0.1) is 0 Å². The summed E-state index contributed by atoms with van der Waals surface area (Å²) in [4.78, 5) is 29.5. The minimum Gasteiger partial charge on any atom is -0.418 e. The smallest absolute Gasteiger partial charge is 0.330 e. The lowest BCUT2D eigenvalue weighted by molar-refractivity contribution is 0.504. The maximum atomic E-state index is 12.4. The Morgan fingerprint density at radius 1 is 1.17 bits per heavy atom. The first kappa shape index (κ1) is 18.7. The Morgan fingerprint density at radius 3 is 2.69 bits per heavy atom. The summed E-state index contributed by atoms with van der Waals surface area (Å²) in [5.41, 5.74) is 6.12. The number of nitrogens with zero attached hydrogens (tertiary/aromatic N) is 4. The molecule has 3 N–H and O–H groups in total. The summed E-state index contributed by atoms with van der Waals surface area (Å²) >= 11 is 1.49. The summed E-state index contributed by atoms with van der Waals surface area (Å²) in [6, 6.07) is 13.2. The van der Waals surface area contributed by atoms with E-state index >= 15 is 0 Å². The molecule has 0 spiro atoms. The topological polar surface area (TPSA) is 123 Å². The van der Waals surface area contributed by atoms with Gasteiger partial charge < -0.3 is 15.1 Å². The van der Waals surface area contributed by atoms with Gasteiger partial charge in [-0.15, -0.1) is 21.5 Å². The molecule has 0 fully saturated rings. The van der Waals surface area contributed by atoms with E-state index in [0.717, 1.165) is 10.4 Å². The van der Waals surface area contributed by atoms with Crippen molar-refractivity contribution >= 4 is 22.8 Å². The summed E-state index contributed by atoms with van der Waals surface area (Å²) in [6.45, 7) is 0.404. The molecule has 29 heavy (non-hydrogen) atoms. The van der Waals surface area contributed by atoms with Crippen molar-refractivity contribution in [3.8, 4) is 10.8 Å². The van der Waals surface area contributed by atoms with Crippen molar-refractivity contribution in [2.45, 2.75) is 13.1 Å². The third kappa shape index (κ3) is 3.83. The van der Waals surface area contributed by atoms with Crippen LogP contribution in [0.4, 0.5) is 11.5 Å². The molecule has 0 aliphatic carbocycles. The first-order chi connectivity index (χ1) is 14.0. The van der Waals surface area contributed by atoms with Crippen LogP contribution >= 0.6 is 11.3 Å². The minimum atomic E-state index is -0.572. The normalized spacial score (nSPS) is 10.9. The first-order valence-electron chi connectivity index (χ1n) is 8.77. The van der Waals surface area contributed by atoms with Crippen molar-refractivity contribution in [1.29, 1.82) is 0 Å². The van der Waals surface area contributed by atoms with E-state index in [9.17, 15) is 9.59 Å². The number of benzene rings is 1. The molecule has 0 atom stereocenters. The van der Waals surface area contributed by atoms with Crippen LogP contribution in [-0.2, 0) is 13.1 Å². The van der Waals surface area contributed by atoms with Crippen molar-refractivity contribution in [3.63, 3.8) is 0 Å². The number of nitrogens with one attached hydrogen (secondary N) is 1. The molecular formula is C19H18N6O3S. The molecule has 0 unspecified atom stereocenters. The fourth-order valence-corrected chi connectivity index (χ4v) is 3.61. The molecule has 10 heteroatoms. The lowest BCUT2D eigenvalue weighted by Gasteiger charge is -2.20. The zero-order valence-electron chi connectivity index (χ0n) is 15.5. The molecule has 9 nitrogen and oxygen atoms in total. The van der Waals surface area contributed by atoms with Crippen LogP contribution in [0.15, 0.2) is 61.9 Å². The highest BCUT2D eigenvalue weighted by Crippen LogP contribution is 2.24. The standard InChI is InChI=1S/C19H18N6O3S/c1-24(11-14-22-23-18(28-14)13-8-5-9-29-13)15-16(20)25(19(27)21-17(15)26)10-12-6-3-2-4-7-12/h2-9H,10-11,20H2,1H3,(H,21,26,27). The molecule has 0 aliphatic heterocycles. The van der Waals surface area contributed by atoms with Gasteiger partial charge in [-0.05, 0) is 17.0 Å². The third-order valence-electron chi connectivity index (χ3n) is 4.35. The second kappa shape index (κ2) is 7.76. The fourth-order valence-electron chi connectivity index (χ4n) is 2.97.